The molecule has 4 nitrogen and oxygen atoms in total. The summed E-state index contributed by atoms with van der Waals surface area (Å²) in [5, 5.41) is 7.10. The first-order chi connectivity index (χ1) is 12.6. The fraction of sp³-hybridized carbons (Fsp3) is 0.143. The number of fused-ring (bicyclic) bond motifs is 1. The molecule has 0 radical (unpaired) electrons. The minimum absolute atomic E-state index is 0.271. The largest absolute Gasteiger partial charge is 0.464 e. The van der Waals surface area contributed by atoms with Gasteiger partial charge < -0.3 is 4.74 Å². The third-order valence-corrected chi connectivity index (χ3v) is 4.90. The van der Waals surface area contributed by atoms with Gasteiger partial charge in [0.15, 0.2) is 5.69 Å². The molecule has 5 heteroatoms. The van der Waals surface area contributed by atoms with Gasteiger partial charge in [-0.15, -0.1) is 0 Å². The van der Waals surface area contributed by atoms with E-state index in [1.54, 1.807) is 12.1 Å². The molecule has 1 unspecified atom stereocenters. The van der Waals surface area contributed by atoms with Crippen molar-refractivity contribution < 1.29 is 13.9 Å². The van der Waals surface area contributed by atoms with Crippen molar-refractivity contribution in [2.45, 2.75) is 11.8 Å². The van der Waals surface area contributed by atoms with Gasteiger partial charge in [-0.2, -0.15) is 5.10 Å². The Morgan fingerprint density at radius 2 is 1.81 bits per heavy atom. The molecule has 0 fully saturated rings. The SMILES string of the molecule is COC(=O)c1n[nH]c2c1C=CC(c1ccccc1)(c1ccc(F)cc1)C2. The van der Waals surface area contributed by atoms with Crippen LogP contribution in [0.25, 0.3) is 6.08 Å². The smallest absolute Gasteiger partial charge is 0.359 e. The first kappa shape index (κ1) is 16.3. The van der Waals surface area contributed by atoms with E-state index < -0.39 is 11.4 Å². The van der Waals surface area contributed by atoms with Crippen LogP contribution in [0.1, 0.15) is 32.9 Å². The van der Waals surface area contributed by atoms with Crippen LogP contribution < -0.4 is 0 Å². The van der Waals surface area contributed by atoms with E-state index in [0.717, 1.165) is 22.4 Å². The van der Waals surface area contributed by atoms with E-state index in [0.29, 0.717) is 6.42 Å². The minimum atomic E-state index is -0.471. The summed E-state index contributed by atoms with van der Waals surface area (Å²) in [6.45, 7) is 0. The van der Waals surface area contributed by atoms with E-state index >= 15 is 0 Å². The van der Waals surface area contributed by atoms with Crippen LogP contribution in [0.4, 0.5) is 4.39 Å². The van der Waals surface area contributed by atoms with Crippen LogP contribution in [0.5, 0.6) is 0 Å². The second kappa shape index (κ2) is 6.26. The van der Waals surface area contributed by atoms with Crippen molar-refractivity contribution in [1.29, 1.82) is 0 Å². The van der Waals surface area contributed by atoms with Gasteiger partial charge in [0.1, 0.15) is 5.82 Å². The number of aromatic nitrogens is 2. The van der Waals surface area contributed by atoms with Gasteiger partial charge in [0.25, 0.3) is 0 Å². The van der Waals surface area contributed by atoms with Crippen molar-refractivity contribution in [2.75, 3.05) is 7.11 Å². The van der Waals surface area contributed by atoms with E-state index in [-0.39, 0.29) is 11.5 Å². The molecule has 26 heavy (non-hydrogen) atoms. The lowest BCUT2D eigenvalue weighted by molar-refractivity contribution is 0.0593. The normalized spacial score (nSPS) is 18.4. The molecular formula is C21H17FN2O2. The Labute approximate surface area is 150 Å². The van der Waals surface area contributed by atoms with Crippen molar-refractivity contribution in [3.63, 3.8) is 0 Å². The van der Waals surface area contributed by atoms with Crippen molar-refractivity contribution in [1.82, 2.24) is 10.2 Å². The van der Waals surface area contributed by atoms with Gasteiger partial charge in [-0.25, -0.2) is 9.18 Å². The van der Waals surface area contributed by atoms with Crippen LogP contribution in [0.3, 0.4) is 0 Å². The van der Waals surface area contributed by atoms with E-state index in [4.69, 9.17) is 4.74 Å². The number of allylic oxidation sites excluding steroid dienone is 1. The first-order valence-corrected chi connectivity index (χ1v) is 8.30. The maximum absolute atomic E-state index is 13.5. The zero-order valence-electron chi connectivity index (χ0n) is 14.2. The molecule has 0 saturated heterocycles. The molecule has 0 aliphatic heterocycles. The Balaban J connectivity index is 1.87. The Morgan fingerprint density at radius 3 is 2.50 bits per heavy atom. The highest BCUT2D eigenvalue weighted by Gasteiger charge is 2.37. The van der Waals surface area contributed by atoms with Crippen molar-refractivity contribution in [3.05, 3.63) is 94.6 Å². The van der Waals surface area contributed by atoms with Gasteiger partial charge in [0.2, 0.25) is 0 Å². The Kier molecular flexibility index (Phi) is 3.92. The maximum atomic E-state index is 13.5. The molecule has 2 aromatic carbocycles. The predicted octanol–water partition coefficient (Wildman–Crippen LogP) is 3.89. The number of carbonyl (C=O) groups excluding carboxylic acids is 1. The van der Waals surface area contributed by atoms with Crippen LogP contribution in [0.2, 0.25) is 0 Å². The number of carbonyl (C=O) groups is 1. The quantitative estimate of drug-likeness (QED) is 0.731. The number of halogens is 1. The first-order valence-electron chi connectivity index (χ1n) is 8.30. The molecule has 1 aliphatic rings. The lowest BCUT2D eigenvalue weighted by Gasteiger charge is -2.34. The second-order valence-electron chi connectivity index (χ2n) is 6.31. The van der Waals surface area contributed by atoms with Crippen molar-refractivity contribution >= 4 is 12.0 Å². The number of esters is 1. The molecule has 0 bridgehead atoms. The van der Waals surface area contributed by atoms with E-state index in [1.165, 1.54) is 19.2 Å². The van der Waals surface area contributed by atoms with Gasteiger partial charge in [-0.3, -0.25) is 5.10 Å². The molecule has 1 aliphatic carbocycles. The van der Waals surface area contributed by atoms with E-state index in [1.807, 2.05) is 24.3 Å². The Bertz CT molecular complexity index is 977. The summed E-state index contributed by atoms with van der Waals surface area (Å²) in [7, 11) is 1.34. The van der Waals surface area contributed by atoms with Crippen molar-refractivity contribution in [2.24, 2.45) is 0 Å². The Hall–Kier alpha value is -3.21. The van der Waals surface area contributed by atoms with Gasteiger partial charge in [-0.1, -0.05) is 54.6 Å². The molecule has 0 amide bonds. The lowest BCUT2D eigenvalue weighted by atomic mass is 9.68. The number of nitrogens with zero attached hydrogens (tertiary/aromatic N) is 1. The molecule has 0 saturated carbocycles. The average Bonchev–Trinajstić information content (AvgIpc) is 3.11. The Morgan fingerprint density at radius 1 is 1.12 bits per heavy atom. The number of aromatic amines is 1. The highest BCUT2D eigenvalue weighted by atomic mass is 19.1. The summed E-state index contributed by atoms with van der Waals surface area (Å²) in [6.07, 6.45) is 4.53. The van der Waals surface area contributed by atoms with Crippen LogP contribution in [-0.2, 0) is 16.6 Å². The number of benzene rings is 2. The molecule has 0 spiro atoms. The topological polar surface area (TPSA) is 55.0 Å². The zero-order chi connectivity index (χ0) is 18.1. The summed E-state index contributed by atoms with van der Waals surface area (Å²) in [4.78, 5) is 11.9. The molecule has 130 valence electrons. The highest BCUT2D eigenvalue weighted by Crippen LogP contribution is 2.41. The number of H-pyrrole nitrogens is 1. The standard InChI is InChI=1S/C21H17FN2O2/c1-26-20(25)19-17-11-12-21(13-18(17)23-24-19,14-5-3-2-4-6-14)15-7-9-16(22)10-8-15/h2-12H,13H2,1H3,(H,23,24). The molecular weight excluding hydrogens is 331 g/mol. The van der Waals surface area contributed by atoms with Gasteiger partial charge in [0, 0.05) is 23.1 Å². The van der Waals surface area contributed by atoms with Gasteiger partial charge in [0.05, 0.1) is 7.11 Å². The van der Waals surface area contributed by atoms with Crippen LogP contribution in [0.15, 0.2) is 60.7 Å². The molecule has 1 atom stereocenters. The monoisotopic (exact) mass is 348 g/mol. The number of hydrogen-bond acceptors (Lipinski definition) is 3. The summed E-state index contributed by atoms with van der Waals surface area (Å²) in [5.74, 6) is -0.742. The molecule has 3 aromatic rings. The van der Waals surface area contributed by atoms with Crippen LogP contribution in [0, 0.1) is 5.82 Å². The summed E-state index contributed by atoms with van der Waals surface area (Å²) < 4.78 is 18.3. The molecule has 1 N–H and O–H groups in total. The van der Waals surface area contributed by atoms with Crippen molar-refractivity contribution in [3.8, 4) is 0 Å². The third-order valence-electron chi connectivity index (χ3n) is 4.90. The molecule has 1 heterocycles. The van der Waals surface area contributed by atoms with E-state index in [2.05, 4.69) is 28.4 Å². The molecule has 4 rings (SSSR count). The highest BCUT2D eigenvalue weighted by molar-refractivity contribution is 5.92. The van der Waals surface area contributed by atoms with Gasteiger partial charge >= 0.3 is 5.97 Å². The summed E-state index contributed by atoms with van der Waals surface area (Å²) in [6, 6.07) is 16.6. The zero-order valence-corrected chi connectivity index (χ0v) is 14.2. The lowest BCUT2D eigenvalue weighted by Crippen LogP contribution is -2.30. The third kappa shape index (κ3) is 2.52. The summed E-state index contributed by atoms with van der Waals surface area (Å²) >= 11 is 0. The van der Waals surface area contributed by atoms with Crippen LogP contribution in [-0.4, -0.2) is 23.3 Å². The fourth-order valence-corrected chi connectivity index (χ4v) is 3.56. The number of hydrogen-bond donors (Lipinski definition) is 1. The number of ether oxygens (including phenoxy) is 1. The maximum Gasteiger partial charge on any atom is 0.359 e. The second-order valence-corrected chi connectivity index (χ2v) is 6.31. The summed E-state index contributed by atoms with van der Waals surface area (Å²) in [5.41, 5.74) is 3.46. The number of nitrogens with one attached hydrogen (secondary N) is 1. The van der Waals surface area contributed by atoms with Gasteiger partial charge in [-0.05, 0) is 23.3 Å². The van der Waals surface area contributed by atoms with Crippen LogP contribution >= 0.6 is 0 Å². The predicted molar refractivity (Wildman–Crippen MR) is 96.3 cm³/mol. The van der Waals surface area contributed by atoms with E-state index in [9.17, 15) is 9.18 Å². The molecule has 1 aromatic heterocycles. The fourth-order valence-electron chi connectivity index (χ4n) is 3.56. The number of methoxy groups -OCH3 is 1. The number of rotatable bonds is 3. The minimum Gasteiger partial charge on any atom is -0.464 e. The average molecular weight is 348 g/mol.